The number of carbonyl (C=O) groups is 2. The lowest BCUT2D eigenvalue weighted by molar-refractivity contribution is -0.153. The molecule has 1 saturated heterocycles. The summed E-state index contributed by atoms with van der Waals surface area (Å²) in [6, 6.07) is 0. The highest BCUT2D eigenvalue weighted by molar-refractivity contribution is 8.04. The highest BCUT2D eigenvalue weighted by Crippen LogP contribution is 2.51. The van der Waals surface area contributed by atoms with Crippen LogP contribution in [0.25, 0.3) is 0 Å². The van der Waals surface area contributed by atoms with Crippen LogP contribution in [0, 0.1) is 5.92 Å². The zero-order valence-electron chi connectivity index (χ0n) is 9.01. The van der Waals surface area contributed by atoms with E-state index in [-0.39, 0.29) is 16.4 Å². The fraction of sp³-hybridized carbons (Fsp3) is 0.600. The van der Waals surface area contributed by atoms with Gasteiger partial charge in [-0.1, -0.05) is 19.6 Å². The molecule has 2 rings (SSSR count). The van der Waals surface area contributed by atoms with E-state index in [0.29, 0.717) is 12.1 Å². The van der Waals surface area contributed by atoms with Crippen LogP contribution < -0.4 is 0 Å². The number of aliphatic hydroxyl groups is 1. The first-order valence-corrected chi connectivity index (χ1v) is 6.46. The molecule has 0 bridgehead atoms. The van der Waals surface area contributed by atoms with Crippen LogP contribution in [-0.4, -0.2) is 32.5 Å². The minimum absolute atomic E-state index is 0.117. The molecule has 88 valence electrons. The maximum absolute atomic E-state index is 11.8. The maximum atomic E-state index is 11.8. The van der Waals surface area contributed by atoms with Crippen molar-refractivity contribution in [2.45, 2.75) is 31.7 Å². The van der Waals surface area contributed by atoms with Gasteiger partial charge in [-0.25, -0.2) is 0 Å². The summed E-state index contributed by atoms with van der Waals surface area (Å²) < 4.78 is 0. The van der Waals surface area contributed by atoms with E-state index in [9.17, 15) is 14.7 Å². The minimum Gasteiger partial charge on any atom is -0.392 e. The van der Waals surface area contributed by atoms with Crippen LogP contribution in [0.5, 0.6) is 0 Å². The van der Waals surface area contributed by atoms with Gasteiger partial charge in [-0.15, -0.1) is 11.8 Å². The minimum atomic E-state index is -0.672. The van der Waals surface area contributed by atoms with Crippen LogP contribution in [-0.2, 0) is 9.59 Å². The van der Waals surface area contributed by atoms with Crippen molar-refractivity contribution in [3.63, 3.8) is 0 Å². The van der Waals surface area contributed by atoms with Crippen LogP contribution in [0.1, 0.15) is 20.3 Å². The molecule has 3 atom stereocenters. The van der Waals surface area contributed by atoms with Gasteiger partial charge in [0.25, 0.3) is 0 Å². The predicted octanol–water partition coefficient (Wildman–Crippen LogP) is 0.976. The van der Waals surface area contributed by atoms with Crippen molar-refractivity contribution >= 4 is 35.4 Å². The van der Waals surface area contributed by atoms with E-state index in [1.54, 1.807) is 6.92 Å². The molecule has 1 fully saturated rings. The van der Waals surface area contributed by atoms with Crippen LogP contribution >= 0.6 is 24.4 Å². The van der Waals surface area contributed by atoms with Gasteiger partial charge in [0.1, 0.15) is 11.1 Å². The normalized spacial score (nSPS) is 30.2. The third-order valence-corrected chi connectivity index (χ3v) is 4.62. The van der Waals surface area contributed by atoms with Gasteiger partial charge in [0.15, 0.2) is 0 Å². The number of allylic oxidation sites excluding steroid dienone is 1. The lowest BCUT2D eigenvalue weighted by Crippen LogP contribution is -2.60. The highest BCUT2D eigenvalue weighted by atomic mass is 32.2. The summed E-state index contributed by atoms with van der Waals surface area (Å²) >= 11 is 5.29. The number of amides is 1. The van der Waals surface area contributed by atoms with E-state index in [0.717, 1.165) is 4.91 Å². The lowest BCUT2D eigenvalue weighted by Gasteiger charge is -2.43. The number of thioether (sulfide) groups is 1. The molecular formula is C10H13NO3S2. The number of β-lactam (4-membered cyclic amide) rings is 1. The van der Waals surface area contributed by atoms with Gasteiger partial charge in [0, 0.05) is 4.91 Å². The van der Waals surface area contributed by atoms with E-state index >= 15 is 0 Å². The number of hydrogen-bond acceptors (Lipinski definition) is 4. The fourth-order valence-corrected chi connectivity index (χ4v) is 3.99. The molecule has 4 nitrogen and oxygen atoms in total. The van der Waals surface area contributed by atoms with Crippen molar-refractivity contribution in [3.05, 3.63) is 10.6 Å². The van der Waals surface area contributed by atoms with Crippen molar-refractivity contribution in [1.29, 1.82) is 0 Å². The Morgan fingerprint density at radius 3 is 2.75 bits per heavy atom. The average molecular weight is 259 g/mol. The Hall–Kier alpha value is -0.460. The second-order valence-electron chi connectivity index (χ2n) is 3.91. The first kappa shape index (κ1) is 12.0. The monoisotopic (exact) mass is 259 g/mol. The van der Waals surface area contributed by atoms with Crippen LogP contribution in [0.4, 0.5) is 0 Å². The Kier molecular flexibility index (Phi) is 3.07. The Balaban J connectivity index is 2.29. The summed E-state index contributed by atoms with van der Waals surface area (Å²) in [4.78, 5) is 25.5. The molecule has 0 aromatic carbocycles. The number of hydrogen-bond donors (Lipinski definition) is 2. The SMILES string of the molecule is CCC1=C(C(=O)S)N2C(=O)[C@@H]([C@H](C)O)[C@H]2S1. The Morgan fingerprint density at radius 1 is 1.69 bits per heavy atom. The third-order valence-electron chi connectivity index (χ3n) is 2.90. The number of aliphatic hydroxyl groups excluding tert-OH is 1. The summed E-state index contributed by atoms with van der Waals surface area (Å²) in [6.07, 6.45) is 0.0350. The van der Waals surface area contributed by atoms with Gasteiger partial charge in [0.2, 0.25) is 11.0 Å². The summed E-state index contributed by atoms with van der Waals surface area (Å²) in [5, 5.41) is 9.00. The van der Waals surface area contributed by atoms with Gasteiger partial charge in [0.05, 0.1) is 12.0 Å². The Bertz CT molecular complexity index is 392. The van der Waals surface area contributed by atoms with Crippen LogP contribution in [0.2, 0.25) is 0 Å². The number of thiol groups is 1. The molecule has 16 heavy (non-hydrogen) atoms. The van der Waals surface area contributed by atoms with E-state index in [4.69, 9.17) is 0 Å². The van der Waals surface area contributed by atoms with Gasteiger partial charge in [-0.3, -0.25) is 14.5 Å². The zero-order chi connectivity index (χ0) is 12.0. The van der Waals surface area contributed by atoms with E-state index in [1.165, 1.54) is 16.7 Å². The molecular weight excluding hydrogens is 246 g/mol. The van der Waals surface area contributed by atoms with Crippen molar-refractivity contribution in [3.8, 4) is 0 Å². The molecule has 0 saturated carbocycles. The first-order chi connectivity index (χ1) is 7.49. The Morgan fingerprint density at radius 2 is 2.31 bits per heavy atom. The first-order valence-electron chi connectivity index (χ1n) is 5.13. The molecule has 1 N–H and O–H groups in total. The lowest BCUT2D eigenvalue weighted by atomic mass is 9.92. The van der Waals surface area contributed by atoms with E-state index in [1.807, 2.05) is 6.92 Å². The summed E-state index contributed by atoms with van der Waals surface area (Å²) in [6.45, 7) is 3.54. The zero-order valence-corrected chi connectivity index (χ0v) is 10.7. The maximum Gasteiger partial charge on any atom is 0.236 e. The second-order valence-corrected chi connectivity index (χ2v) is 5.53. The summed E-state index contributed by atoms with van der Waals surface area (Å²) in [7, 11) is 0. The number of nitrogens with zero attached hydrogens (tertiary/aromatic N) is 1. The molecule has 0 aliphatic carbocycles. The fourth-order valence-electron chi connectivity index (χ4n) is 2.10. The topological polar surface area (TPSA) is 57.6 Å². The summed E-state index contributed by atoms with van der Waals surface area (Å²) in [5.41, 5.74) is 0.405. The highest BCUT2D eigenvalue weighted by Gasteiger charge is 2.56. The van der Waals surface area contributed by atoms with Crippen molar-refractivity contribution in [1.82, 2.24) is 4.90 Å². The van der Waals surface area contributed by atoms with Crippen LogP contribution in [0.15, 0.2) is 10.6 Å². The molecule has 2 aliphatic rings. The number of rotatable bonds is 3. The van der Waals surface area contributed by atoms with Crippen LogP contribution in [0.3, 0.4) is 0 Å². The standard InChI is InChI=1S/C10H13NO3S2/c1-3-5-7(10(14)15)11-8(13)6(4(2)12)9(11)16-5/h4,6,9,12H,3H2,1-2H3,(H,14,15)/t4-,6+,9+/m0/s1. The predicted molar refractivity (Wildman–Crippen MR) is 64.7 cm³/mol. The molecule has 0 radical (unpaired) electrons. The molecule has 6 heteroatoms. The average Bonchev–Trinajstić information content (AvgIpc) is 2.51. The van der Waals surface area contributed by atoms with Crippen molar-refractivity contribution in [2.75, 3.05) is 0 Å². The molecule has 2 aliphatic heterocycles. The van der Waals surface area contributed by atoms with Crippen molar-refractivity contribution in [2.24, 2.45) is 5.92 Å². The van der Waals surface area contributed by atoms with Gasteiger partial charge < -0.3 is 5.11 Å². The quantitative estimate of drug-likeness (QED) is 0.586. The smallest absolute Gasteiger partial charge is 0.236 e. The summed E-state index contributed by atoms with van der Waals surface area (Å²) in [5.74, 6) is -0.565. The number of fused-ring (bicyclic) bond motifs is 1. The second kappa shape index (κ2) is 4.09. The Labute approximate surface area is 103 Å². The van der Waals surface area contributed by atoms with Gasteiger partial charge in [-0.2, -0.15) is 0 Å². The molecule has 0 aromatic rings. The molecule has 0 aromatic heterocycles. The van der Waals surface area contributed by atoms with E-state index < -0.39 is 12.0 Å². The molecule has 1 amide bonds. The molecule has 0 spiro atoms. The van der Waals surface area contributed by atoms with Gasteiger partial charge in [-0.05, 0) is 13.3 Å². The third kappa shape index (κ3) is 1.51. The largest absolute Gasteiger partial charge is 0.392 e. The van der Waals surface area contributed by atoms with E-state index in [2.05, 4.69) is 12.6 Å². The molecule has 2 heterocycles. The molecule has 0 unspecified atom stereocenters. The van der Waals surface area contributed by atoms with Crippen molar-refractivity contribution < 1.29 is 14.7 Å². The number of carbonyl (C=O) groups excluding carboxylic acids is 2. The van der Waals surface area contributed by atoms with Gasteiger partial charge >= 0.3 is 0 Å².